The van der Waals surface area contributed by atoms with E-state index in [0.29, 0.717) is 15.1 Å². The second-order valence-corrected chi connectivity index (χ2v) is 9.91. The van der Waals surface area contributed by atoms with E-state index in [-0.39, 0.29) is 6.42 Å². The van der Waals surface area contributed by atoms with E-state index >= 15 is 0 Å². The van der Waals surface area contributed by atoms with Crippen molar-refractivity contribution >= 4 is 46.7 Å². The minimum Gasteiger partial charge on any atom is -0.511 e. The standard InChI is InChI=1S/C27H21Cl3O5/c1-26(2)34-24(32)23(25(33)35-26)22(31)15-27(16-3-9-19(28)10-4-16,17-5-11-20(29)12-6-17)18-7-13-21(30)14-8-18/h3-14,31H,15H2,1-2H3. The number of rotatable bonds is 5. The number of hydrogen-bond acceptors (Lipinski definition) is 5. The number of esters is 2. The van der Waals surface area contributed by atoms with E-state index in [1.165, 1.54) is 13.8 Å². The van der Waals surface area contributed by atoms with Crippen LogP contribution < -0.4 is 0 Å². The van der Waals surface area contributed by atoms with E-state index in [1.54, 1.807) is 36.4 Å². The van der Waals surface area contributed by atoms with Crippen molar-refractivity contribution in [1.29, 1.82) is 0 Å². The number of aliphatic hydroxyl groups is 1. The zero-order chi connectivity index (χ0) is 25.4. The van der Waals surface area contributed by atoms with E-state index in [0.717, 1.165) is 16.7 Å². The molecular weight excluding hydrogens is 511 g/mol. The lowest BCUT2D eigenvalue weighted by molar-refractivity contribution is -0.222. The molecule has 1 saturated heterocycles. The predicted octanol–water partition coefficient (Wildman–Crippen LogP) is 7.02. The Morgan fingerprint density at radius 1 is 0.714 bits per heavy atom. The topological polar surface area (TPSA) is 72.8 Å². The summed E-state index contributed by atoms with van der Waals surface area (Å²) in [4.78, 5) is 25.4. The molecule has 0 amide bonds. The Labute approximate surface area is 217 Å². The van der Waals surface area contributed by atoms with Crippen molar-refractivity contribution in [2.45, 2.75) is 31.5 Å². The van der Waals surface area contributed by atoms with Gasteiger partial charge in [-0.15, -0.1) is 0 Å². The maximum absolute atomic E-state index is 12.7. The number of benzene rings is 3. The Morgan fingerprint density at radius 2 is 1.03 bits per heavy atom. The van der Waals surface area contributed by atoms with Crippen molar-refractivity contribution < 1.29 is 24.2 Å². The third kappa shape index (κ3) is 5.03. The van der Waals surface area contributed by atoms with Gasteiger partial charge in [0.2, 0.25) is 0 Å². The molecule has 1 heterocycles. The monoisotopic (exact) mass is 530 g/mol. The highest BCUT2D eigenvalue weighted by Gasteiger charge is 2.44. The van der Waals surface area contributed by atoms with Crippen molar-refractivity contribution in [3.63, 3.8) is 0 Å². The summed E-state index contributed by atoms with van der Waals surface area (Å²) in [5.41, 5.74) is 0.625. The minimum atomic E-state index is -1.43. The maximum atomic E-state index is 12.7. The fraction of sp³-hybridized carbons (Fsp3) is 0.185. The third-order valence-corrected chi connectivity index (χ3v) is 6.57. The molecule has 1 fully saturated rings. The van der Waals surface area contributed by atoms with Crippen LogP contribution in [0.25, 0.3) is 0 Å². The van der Waals surface area contributed by atoms with Crippen molar-refractivity contribution in [2.75, 3.05) is 0 Å². The van der Waals surface area contributed by atoms with Gasteiger partial charge in [0.1, 0.15) is 5.76 Å². The van der Waals surface area contributed by atoms with E-state index in [2.05, 4.69) is 0 Å². The number of ether oxygens (including phenoxy) is 2. The van der Waals surface area contributed by atoms with Crippen LogP contribution in [-0.2, 0) is 24.5 Å². The van der Waals surface area contributed by atoms with Crippen LogP contribution in [-0.4, -0.2) is 22.8 Å². The largest absolute Gasteiger partial charge is 0.511 e. The lowest BCUT2D eigenvalue weighted by Crippen LogP contribution is -2.43. The third-order valence-electron chi connectivity index (χ3n) is 5.82. The molecule has 0 aliphatic carbocycles. The molecule has 0 bridgehead atoms. The molecule has 3 aromatic carbocycles. The van der Waals surface area contributed by atoms with Crippen LogP contribution in [0.15, 0.2) is 84.1 Å². The van der Waals surface area contributed by atoms with Crippen molar-refractivity contribution in [1.82, 2.24) is 0 Å². The van der Waals surface area contributed by atoms with Gasteiger partial charge in [0.05, 0.1) is 5.41 Å². The van der Waals surface area contributed by atoms with Gasteiger partial charge < -0.3 is 14.6 Å². The Balaban J connectivity index is 1.98. The maximum Gasteiger partial charge on any atom is 0.352 e. The Bertz CT molecular complexity index is 1160. The smallest absolute Gasteiger partial charge is 0.352 e. The summed E-state index contributed by atoms with van der Waals surface area (Å²) in [6.07, 6.45) is -0.169. The van der Waals surface area contributed by atoms with E-state index < -0.39 is 34.5 Å². The molecule has 1 aliphatic rings. The van der Waals surface area contributed by atoms with Crippen LogP contribution in [0.2, 0.25) is 15.1 Å². The van der Waals surface area contributed by atoms with E-state index in [4.69, 9.17) is 44.3 Å². The van der Waals surface area contributed by atoms with Gasteiger partial charge in [-0.25, -0.2) is 9.59 Å². The minimum absolute atomic E-state index is 0.169. The van der Waals surface area contributed by atoms with E-state index in [1.807, 2.05) is 36.4 Å². The summed E-state index contributed by atoms with van der Waals surface area (Å²) in [5.74, 6) is -3.82. The lowest BCUT2D eigenvalue weighted by atomic mass is 9.66. The van der Waals surface area contributed by atoms with Crippen LogP contribution in [0.3, 0.4) is 0 Å². The highest BCUT2D eigenvalue weighted by atomic mass is 35.5. The first-order chi connectivity index (χ1) is 16.5. The van der Waals surface area contributed by atoms with Gasteiger partial charge in [0, 0.05) is 35.3 Å². The number of carbonyl (C=O) groups is 2. The van der Waals surface area contributed by atoms with Crippen molar-refractivity contribution in [3.05, 3.63) is 116 Å². The Hall–Kier alpha value is -2.99. The molecule has 0 saturated carbocycles. The van der Waals surface area contributed by atoms with Crippen LogP contribution in [0.4, 0.5) is 0 Å². The molecule has 1 N–H and O–H groups in total. The zero-order valence-electron chi connectivity index (χ0n) is 18.8. The number of cyclic esters (lactones) is 2. The Morgan fingerprint density at radius 3 is 1.34 bits per heavy atom. The summed E-state index contributed by atoms with van der Waals surface area (Å²) < 4.78 is 10.4. The molecule has 8 heteroatoms. The fourth-order valence-electron chi connectivity index (χ4n) is 4.24. The summed E-state index contributed by atoms with van der Waals surface area (Å²) in [6, 6.07) is 21.3. The first-order valence-corrected chi connectivity index (χ1v) is 11.8. The summed E-state index contributed by atoms with van der Waals surface area (Å²) in [5, 5.41) is 12.8. The van der Waals surface area contributed by atoms with Crippen molar-refractivity contribution in [3.8, 4) is 0 Å². The number of halogens is 3. The van der Waals surface area contributed by atoms with Gasteiger partial charge in [-0.2, -0.15) is 0 Å². The Kier molecular flexibility index (Phi) is 6.87. The van der Waals surface area contributed by atoms with Gasteiger partial charge in [-0.3, -0.25) is 0 Å². The number of aliphatic hydroxyl groups excluding tert-OH is 1. The number of allylic oxidation sites excluding steroid dienone is 1. The fourth-order valence-corrected chi connectivity index (χ4v) is 4.62. The molecule has 3 aromatic rings. The molecule has 0 aromatic heterocycles. The second-order valence-electron chi connectivity index (χ2n) is 8.60. The molecule has 5 nitrogen and oxygen atoms in total. The molecule has 35 heavy (non-hydrogen) atoms. The average molecular weight is 532 g/mol. The van der Waals surface area contributed by atoms with Gasteiger partial charge in [0.25, 0.3) is 5.79 Å². The van der Waals surface area contributed by atoms with E-state index in [9.17, 15) is 14.7 Å². The highest BCUT2D eigenvalue weighted by Crippen LogP contribution is 2.45. The second kappa shape index (κ2) is 9.57. The molecule has 0 atom stereocenters. The zero-order valence-corrected chi connectivity index (χ0v) is 21.1. The number of hydrogen-bond donors (Lipinski definition) is 1. The average Bonchev–Trinajstić information content (AvgIpc) is 2.78. The number of carbonyl (C=O) groups excluding carboxylic acids is 2. The molecule has 180 valence electrons. The van der Waals surface area contributed by atoms with Gasteiger partial charge in [0.15, 0.2) is 5.57 Å². The molecule has 0 radical (unpaired) electrons. The van der Waals surface area contributed by atoms with Crippen LogP contribution in [0.5, 0.6) is 0 Å². The molecule has 1 aliphatic heterocycles. The first-order valence-electron chi connectivity index (χ1n) is 10.7. The summed E-state index contributed by atoms with van der Waals surface area (Å²) in [6.45, 7) is 2.88. The lowest BCUT2D eigenvalue weighted by Gasteiger charge is -2.37. The van der Waals surface area contributed by atoms with Gasteiger partial charge >= 0.3 is 11.9 Å². The summed E-state index contributed by atoms with van der Waals surface area (Å²) >= 11 is 18.5. The molecule has 0 unspecified atom stereocenters. The SMILES string of the molecule is CC1(C)OC(=O)C(=C(O)CC(c2ccc(Cl)cc2)(c2ccc(Cl)cc2)c2ccc(Cl)cc2)C(=O)O1. The normalized spacial score (nSPS) is 15.4. The predicted molar refractivity (Wildman–Crippen MR) is 135 cm³/mol. The van der Waals surface area contributed by atoms with Crippen LogP contribution >= 0.6 is 34.8 Å². The molecular formula is C27H21Cl3O5. The highest BCUT2D eigenvalue weighted by molar-refractivity contribution is 6.31. The van der Waals surface area contributed by atoms with Gasteiger partial charge in [-0.1, -0.05) is 71.2 Å². The van der Waals surface area contributed by atoms with Crippen molar-refractivity contribution in [2.24, 2.45) is 0 Å². The van der Waals surface area contributed by atoms with Gasteiger partial charge in [-0.05, 0) is 53.1 Å². The molecule has 4 rings (SSSR count). The molecule has 0 spiro atoms. The van der Waals surface area contributed by atoms with Crippen LogP contribution in [0.1, 0.15) is 37.0 Å². The quantitative estimate of drug-likeness (QED) is 0.126. The summed E-state index contributed by atoms with van der Waals surface area (Å²) in [7, 11) is 0. The van der Waals surface area contributed by atoms with Crippen LogP contribution in [0, 0.1) is 0 Å². The first kappa shape index (κ1) is 25.1.